The lowest BCUT2D eigenvalue weighted by molar-refractivity contribution is -0.153. The van der Waals surface area contributed by atoms with Crippen LogP contribution in [-0.2, 0) is 18.6 Å². The van der Waals surface area contributed by atoms with Crippen molar-refractivity contribution in [3.05, 3.63) is 0 Å². The molecule has 0 radical (unpaired) electrons. The smallest absolute Gasteiger partial charge is 0.412 e. The zero-order chi connectivity index (χ0) is 15.3. The molecule has 0 aromatic carbocycles. The van der Waals surface area contributed by atoms with E-state index in [4.69, 9.17) is 4.74 Å². The van der Waals surface area contributed by atoms with Gasteiger partial charge in [0.1, 0.15) is 6.04 Å². The summed E-state index contributed by atoms with van der Waals surface area (Å²) in [6, 6.07) is -1.01. The summed E-state index contributed by atoms with van der Waals surface area (Å²) in [7, 11) is -3.72. The molecule has 0 fully saturated rings. The molecule has 2 atom stereocenters. The minimum atomic E-state index is -4.58. The van der Waals surface area contributed by atoms with Crippen LogP contribution in [0.15, 0.2) is 0 Å². The number of ether oxygens (including phenoxy) is 1. The predicted octanol–water partition coefficient (Wildman–Crippen LogP) is 2.71. The third-order valence-corrected chi connectivity index (χ3v) is 4.11. The van der Waals surface area contributed by atoms with Crippen LogP contribution in [0.25, 0.3) is 0 Å². The van der Waals surface area contributed by atoms with Crippen LogP contribution in [0.5, 0.6) is 0 Å². The summed E-state index contributed by atoms with van der Waals surface area (Å²) >= 11 is 0. The summed E-state index contributed by atoms with van der Waals surface area (Å²) < 4.78 is 57.3. The molecular weight excluding hydrogens is 286 g/mol. The van der Waals surface area contributed by atoms with Gasteiger partial charge in [0.15, 0.2) is 6.61 Å². The van der Waals surface area contributed by atoms with E-state index in [1.807, 2.05) is 0 Å². The zero-order valence-electron chi connectivity index (χ0n) is 11.3. The summed E-state index contributed by atoms with van der Waals surface area (Å²) in [5.74, 6) is -0.695. The normalized spacial score (nSPS) is 17.1. The topological polar surface area (TPSA) is 64.6 Å². The number of hydrogen-bond donors (Lipinski definition) is 1. The van der Waals surface area contributed by atoms with Gasteiger partial charge in [-0.15, -0.1) is 0 Å². The summed E-state index contributed by atoms with van der Waals surface area (Å²) in [6.07, 6.45) is -5.11. The Balaban J connectivity index is 4.53. The van der Waals surface area contributed by atoms with Crippen molar-refractivity contribution in [2.24, 2.45) is 0 Å². The molecule has 5 nitrogen and oxygen atoms in total. The van der Waals surface area contributed by atoms with Crippen molar-refractivity contribution < 1.29 is 31.8 Å². The maximum Gasteiger partial charge on any atom is 0.412 e. The molecule has 0 rings (SSSR count). The Morgan fingerprint density at radius 2 is 1.84 bits per heavy atom. The highest BCUT2D eigenvalue weighted by atomic mass is 31.2. The van der Waals surface area contributed by atoms with Crippen molar-refractivity contribution in [3.8, 4) is 0 Å². The summed E-state index contributed by atoms with van der Waals surface area (Å²) in [4.78, 5) is 11.5. The van der Waals surface area contributed by atoms with Gasteiger partial charge >= 0.3 is 12.1 Å². The van der Waals surface area contributed by atoms with Crippen LogP contribution in [0.3, 0.4) is 0 Å². The maximum absolute atomic E-state index is 12.0. The number of alkyl halides is 3. The Morgan fingerprint density at radius 1 is 1.32 bits per heavy atom. The second-order valence-corrected chi connectivity index (χ2v) is 6.71. The standard InChI is InChI=1S/C10H19F3NO4P/c1-5-19(16,17-6-10(11,12)13)14-8(4)9(15)18-7(2)3/h7-8H,5-6H2,1-4H3,(H,14,16)/t8-,19?/m0/s1. The number of rotatable bonds is 7. The first kappa shape index (κ1) is 18.4. The highest BCUT2D eigenvalue weighted by Gasteiger charge is 2.34. The van der Waals surface area contributed by atoms with Crippen LogP contribution >= 0.6 is 7.52 Å². The molecule has 0 aromatic heterocycles. The molecule has 114 valence electrons. The van der Waals surface area contributed by atoms with E-state index in [1.165, 1.54) is 13.8 Å². The minimum Gasteiger partial charge on any atom is -0.462 e. The SMILES string of the molecule is CCP(=O)(N[C@@H](C)C(=O)OC(C)C)OCC(F)(F)F. The second kappa shape index (κ2) is 7.26. The Morgan fingerprint density at radius 3 is 2.21 bits per heavy atom. The van der Waals surface area contributed by atoms with Gasteiger partial charge in [-0.25, -0.2) is 5.09 Å². The Hall–Kier alpha value is -0.590. The van der Waals surface area contributed by atoms with Crippen molar-refractivity contribution in [1.82, 2.24) is 5.09 Å². The molecule has 0 aliphatic rings. The molecule has 0 heterocycles. The summed E-state index contributed by atoms with van der Waals surface area (Å²) in [6.45, 7) is 4.39. The van der Waals surface area contributed by atoms with E-state index in [-0.39, 0.29) is 12.3 Å². The van der Waals surface area contributed by atoms with E-state index in [0.717, 1.165) is 0 Å². The highest BCUT2D eigenvalue weighted by molar-refractivity contribution is 7.56. The fraction of sp³-hybridized carbons (Fsp3) is 0.900. The van der Waals surface area contributed by atoms with Crippen LogP contribution in [0.2, 0.25) is 0 Å². The largest absolute Gasteiger partial charge is 0.462 e. The first-order chi connectivity index (χ1) is 8.49. The van der Waals surface area contributed by atoms with Gasteiger partial charge in [-0.05, 0) is 20.8 Å². The number of carbonyl (C=O) groups excluding carboxylic acids is 1. The number of hydrogen-bond acceptors (Lipinski definition) is 4. The van der Waals surface area contributed by atoms with Gasteiger partial charge < -0.3 is 9.26 Å². The molecule has 0 bridgehead atoms. The van der Waals surface area contributed by atoms with Crippen LogP contribution in [0.4, 0.5) is 13.2 Å². The van der Waals surface area contributed by atoms with Gasteiger partial charge in [0.25, 0.3) is 7.52 Å². The predicted molar refractivity (Wildman–Crippen MR) is 64.0 cm³/mol. The van der Waals surface area contributed by atoms with Crippen molar-refractivity contribution in [2.75, 3.05) is 12.8 Å². The molecule has 0 amide bonds. The molecule has 19 heavy (non-hydrogen) atoms. The molecule has 0 saturated carbocycles. The Kier molecular flexibility index (Phi) is 7.04. The Labute approximate surface area is 110 Å². The van der Waals surface area contributed by atoms with Crippen molar-refractivity contribution >= 4 is 13.5 Å². The maximum atomic E-state index is 12.0. The fourth-order valence-electron chi connectivity index (χ4n) is 1.08. The molecule has 9 heteroatoms. The number of esters is 1. The lowest BCUT2D eigenvalue weighted by Crippen LogP contribution is -2.36. The average Bonchev–Trinajstić information content (AvgIpc) is 2.24. The van der Waals surface area contributed by atoms with Gasteiger partial charge in [-0.3, -0.25) is 9.36 Å². The number of halogens is 3. The molecule has 1 N–H and O–H groups in total. The van der Waals surface area contributed by atoms with Gasteiger partial charge in [0, 0.05) is 6.16 Å². The molecule has 0 aliphatic heterocycles. The number of carbonyl (C=O) groups is 1. The van der Waals surface area contributed by atoms with Crippen LogP contribution in [0.1, 0.15) is 27.7 Å². The average molecular weight is 305 g/mol. The summed E-state index contributed by atoms with van der Waals surface area (Å²) in [5, 5.41) is 2.28. The van der Waals surface area contributed by atoms with Crippen molar-refractivity contribution in [2.45, 2.75) is 46.0 Å². The summed E-state index contributed by atoms with van der Waals surface area (Å²) in [5.41, 5.74) is 0. The van der Waals surface area contributed by atoms with Crippen molar-refractivity contribution in [1.29, 1.82) is 0 Å². The molecular formula is C10H19F3NO4P. The van der Waals surface area contributed by atoms with Crippen molar-refractivity contribution in [3.63, 3.8) is 0 Å². The molecule has 1 unspecified atom stereocenters. The lowest BCUT2D eigenvalue weighted by Gasteiger charge is -2.23. The van der Waals surface area contributed by atoms with E-state index in [9.17, 15) is 22.5 Å². The Bertz CT molecular complexity index is 346. The minimum absolute atomic E-state index is 0.164. The molecule has 0 saturated heterocycles. The quantitative estimate of drug-likeness (QED) is 0.579. The van der Waals surface area contributed by atoms with Gasteiger partial charge in [-0.1, -0.05) is 6.92 Å². The molecule has 0 aliphatic carbocycles. The first-order valence-electron chi connectivity index (χ1n) is 5.77. The monoisotopic (exact) mass is 305 g/mol. The first-order valence-corrected chi connectivity index (χ1v) is 7.58. The van der Waals surface area contributed by atoms with E-state index < -0.39 is 32.3 Å². The molecule has 0 aromatic rings. The molecule has 0 spiro atoms. The lowest BCUT2D eigenvalue weighted by atomic mass is 10.4. The number of nitrogens with one attached hydrogen (secondary N) is 1. The van der Waals surface area contributed by atoms with E-state index >= 15 is 0 Å². The van der Waals surface area contributed by atoms with Gasteiger partial charge in [0.2, 0.25) is 0 Å². The fourth-order valence-corrected chi connectivity index (χ4v) is 2.57. The van der Waals surface area contributed by atoms with Gasteiger partial charge in [-0.2, -0.15) is 13.2 Å². The van der Waals surface area contributed by atoms with Gasteiger partial charge in [0.05, 0.1) is 6.10 Å². The van der Waals surface area contributed by atoms with Crippen LogP contribution in [0, 0.1) is 0 Å². The third kappa shape index (κ3) is 8.23. The third-order valence-electron chi connectivity index (χ3n) is 1.95. The highest BCUT2D eigenvalue weighted by Crippen LogP contribution is 2.43. The zero-order valence-corrected chi connectivity index (χ0v) is 12.2. The van der Waals surface area contributed by atoms with Crippen LogP contribution in [-0.4, -0.2) is 37.1 Å². The second-order valence-electron chi connectivity index (χ2n) is 4.21. The van der Waals surface area contributed by atoms with E-state index in [1.54, 1.807) is 13.8 Å². The van der Waals surface area contributed by atoms with E-state index in [2.05, 4.69) is 9.61 Å². The van der Waals surface area contributed by atoms with E-state index in [0.29, 0.717) is 0 Å². The van der Waals surface area contributed by atoms with Crippen LogP contribution < -0.4 is 5.09 Å².